The molecular weight excluding hydrogens is 358 g/mol. The van der Waals surface area contributed by atoms with Crippen molar-refractivity contribution >= 4 is 5.91 Å². The number of methoxy groups -OCH3 is 1. The number of hydrogen-bond donors (Lipinski definition) is 2. The number of carbonyl (C=O) groups is 1. The lowest BCUT2D eigenvalue weighted by Crippen LogP contribution is -2.58. The van der Waals surface area contributed by atoms with Gasteiger partial charge in [-0.05, 0) is 38.1 Å². The van der Waals surface area contributed by atoms with Gasteiger partial charge >= 0.3 is 0 Å². The average Bonchev–Trinajstić information content (AvgIpc) is 3.19. The molecule has 2 N–H and O–H groups in total. The van der Waals surface area contributed by atoms with E-state index in [1.807, 2.05) is 10.9 Å². The van der Waals surface area contributed by atoms with Crippen molar-refractivity contribution in [3.8, 4) is 0 Å². The summed E-state index contributed by atoms with van der Waals surface area (Å²) in [6, 6.07) is 0.386. The fourth-order valence-corrected chi connectivity index (χ4v) is 5.24. The number of carbonyl (C=O) groups excluding carboxylic acids is 1. The van der Waals surface area contributed by atoms with Crippen LogP contribution in [-0.2, 0) is 21.7 Å². The number of nitrogens with one attached hydrogen (secondary N) is 1. The molecule has 0 spiro atoms. The van der Waals surface area contributed by atoms with E-state index in [1.54, 1.807) is 7.11 Å². The van der Waals surface area contributed by atoms with E-state index in [-0.39, 0.29) is 11.8 Å². The Hall–Kier alpha value is -1.51. The quantitative estimate of drug-likeness (QED) is 0.671. The van der Waals surface area contributed by atoms with Crippen molar-refractivity contribution in [2.24, 2.45) is 11.8 Å². The summed E-state index contributed by atoms with van der Waals surface area (Å²) in [6.07, 6.45) is 8.89. The minimum Gasteiger partial charge on any atom is -0.383 e. The van der Waals surface area contributed by atoms with E-state index in [9.17, 15) is 9.90 Å². The van der Waals surface area contributed by atoms with Gasteiger partial charge in [-0.1, -0.05) is 24.5 Å². The van der Waals surface area contributed by atoms with E-state index in [0.717, 1.165) is 63.9 Å². The van der Waals surface area contributed by atoms with Crippen LogP contribution in [0, 0.1) is 11.8 Å². The molecule has 1 amide bonds. The molecule has 1 aliphatic carbocycles. The highest BCUT2D eigenvalue weighted by Crippen LogP contribution is 2.38. The second-order valence-corrected chi connectivity index (χ2v) is 8.74. The van der Waals surface area contributed by atoms with Crippen LogP contribution in [0.3, 0.4) is 0 Å². The summed E-state index contributed by atoms with van der Waals surface area (Å²) < 4.78 is 6.91. The Morgan fingerprint density at radius 2 is 2.21 bits per heavy atom. The number of aromatic nitrogens is 3. The third-order valence-electron chi connectivity index (χ3n) is 6.91. The molecule has 1 unspecified atom stereocenters. The molecule has 5 rings (SSSR count). The summed E-state index contributed by atoms with van der Waals surface area (Å²) in [6.45, 7) is 3.77. The molecule has 2 bridgehead atoms. The first-order valence-electron chi connectivity index (χ1n) is 10.7. The molecule has 4 atom stereocenters. The van der Waals surface area contributed by atoms with Crippen LogP contribution in [0.2, 0.25) is 0 Å². The summed E-state index contributed by atoms with van der Waals surface area (Å²) in [5, 5.41) is 22.5. The highest BCUT2D eigenvalue weighted by atomic mass is 16.5. The third kappa shape index (κ3) is 4.09. The lowest BCUT2D eigenvalue weighted by molar-refractivity contribution is -0.133. The normalized spacial score (nSPS) is 31.6. The Labute approximate surface area is 166 Å². The van der Waals surface area contributed by atoms with Gasteiger partial charge in [-0.3, -0.25) is 14.4 Å². The lowest BCUT2D eigenvalue weighted by atomic mass is 9.75. The molecule has 4 heterocycles. The number of nitrogens with zero attached hydrogens (tertiary/aromatic N) is 4. The maximum absolute atomic E-state index is 12.5. The maximum Gasteiger partial charge on any atom is 0.224 e. The van der Waals surface area contributed by atoms with Crippen LogP contribution in [0.1, 0.15) is 50.6 Å². The average molecular weight is 392 g/mol. The fourth-order valence-electron chi connectivity index (χ4n) is 5.24. The van der Waals surface area contributed by atoms with Crippen molar-refractivity contribution in [2.75, 3.05) is 33.4 Å². The summed E-state index contributed by atoms with van der Waals surface area (Å²) in [4.78, 5) is 14.9. The molecule has 0 aromatic carbocycles. The van der Waals surface area contributed by atoms with Gasteiger partial charge in [0.1, 0.15) is 11.3 Å². The predicted molar refractivity (Wildman–Crippen MR) is 103 cm³/mol. The van der Waals surface area contributed by atoms with Crippen molar-refractivity contribution in [2.45, 2.75) is 63.1 Å². The van der Waals surface area contributed by atoms with E-state index in [2.05, 4.69) is 20.5 Å². The van der Waals surface area contributed by atoms with Crippen molar-refractivity contribution in [3.63, 3.8) is 0 Å². The van der Waals surface area contributed by atoms with Gasteiger partial charge in [-0.15, -0.1) is 5.10 Å². The first-order chi connectivity index (χ1) is 13.6. The molecule has 1 saturated carbocycles. The van der Waals surface area contributed by atoms with Gasteiger partial charge in [0.25, 0.3) is 0 Å². The second kappa shape index (κ2) is 8.47. The van der Waals surface area contributed by atoms with Crippen molar-refractivity contribution in [1.29, 1.82) is 0 Å². The predicted octanol–water partition coefficient (Wildman–Crippen LogP) is 0.903. The van der Waals surface area contributed by atoms with Crippen LogP contribution in [0.5, 0.6) is 0 Å². The molecule has 1 aromatic rings. The lowest BCUT2D eigenvalue weighted by Gasteiger charge is -2.49. The summed E-state index contributed by atoms with van der Waals surface area (Å²) in [5.74, 6) is 0.673. The smallest absolute Gasteiger partial charge is 0.224 e. The van der Waals surface area contributed by atoms with E-state index in [4.69, 9.17) is 4.74 Å². The van der Waals surface area contributed by atoms with E-state index in [0.29, 0.717) is 25.1 Å². The van der Waals surface area contributed by atoms with Crippen molar-refractivity contribution in [1.82, 2.24) is 25.2 Å². The van der Waals surface area contributed by atoms with Crippen LogP contribution in [0.4, 0.5) is 0 Å². The van der Waals surface area contributed by atoms with Gasteiger partial charge < -0.3 is 15.2 Å². The standard InChI is InChI=1S/C20H33N5O3/c1-28-10-8-21-19(26)17-13-24-9-5-15(17)11-16(24)12-25-14-18(22-23-25)20(27)6-3-2-4-7-20/h14-17,27H,2-13H2,1H3,(H,21,26)/t15-,16-,17+/m1/s1. The number of fused-ring (bicyclic) bond motifs is 3. The molecule has 4 fully saturated rings. The third-order valence-corrected chi connectivity index (χ3v) is 6.91. The summed E-state index contributed by atoms with van der Waals surface area (Å²) in [5.41, 5.74) is -0.0770. The van der Waals surface area contributed by atoms with Gasteiger partial charge in [0.15, 0.2) is 0 Å². The zero-order chi connectivity index (χ0) is 19.6. The monoisotopic (exact) mass is 391 g/mol. The van der Waals surface area contributed by atoms with Crippen LogP contribution in [-0.4, -0.2) is 70.3 Å². The Morgan fingerprint density at radius 3 is 2.93 bits per heavy atom. The first-order valence-corrected chi connectivity index (χ1v) is 10.7. The van der Waals surface area contributed by atoms with Gasteiger partial charge in [0, 0.05) is 26.2 Å². The Kier molecular flexibility index (Phi) is 5.99. The van der Waals surface area contributed by atoms with Gasteiger partial charge in [-0.2, -0.15) is 0 Å². The number of ether oxygens (including phenoxy) is 1. The molecule has 28 heavy (non-hydrogen) atoms. The molecule has 1 aromatic heterocycles. The molecule has 8 nitrogen and oxygen atoms in total. The zero-order valence-corrected chi connectivity index (χ0v) is 16.8. The minimum absolute atomic E-state index is 0.0797. The van der Waals surface area contributed by atoms with Crippen molar-refractivity contribution in [3.05, 3.63) is 11.9 Å². The molecule has 8 heteroatoms. The highest BCUT2D eigenvalue weighted by Gasteiger charge is 2.43. The largest absolute Gasteiger partial charge is 0.383 e. The van der Waals surface area contributed by atoms with Crippen LogP contribution in [0.15, 0.2) is 6.20 Å². The molecule has 3 saturated heterocycles. The summed E-state index contributed by atoms with van der Waals surface area (Å²) >= 11 is 0. The van der Waals surface area contributed by atoms with Gasteiger partial charge in [-0.25, -0.2) is 0 Å². The fraction of sp³-hybridized carbons (Fsp3) is 0.850. The Morgan fingerprint density at radius 1 is 1.39 bits per heavy atom. The van der Waals surface area contributed by atoms with E-state index in [1.165, 1.54) is 6.42 Å². The number of piperidine rings is 3. The molecule has 156 valence electrons. The number of amides is 1. The highest BCUT2D eigenvalue weighted by molar-refractivity contribution is 5.79. The minimum atomic E-state index is -0.798. The Bertz CT molecular complexity index is 673. The SMILES string of the molecule is COCCNC(=O)[C@H]1CN2CC[C@@H]1C[C@@H]2Cn1cc(C2(O)CCCCC2)nn1. The van der Waals surface area contributed by atoms with Crippen LogP contribution < -0.4 is 5.32 Å². The molecular formula is C20H33N5O3. The topological polar surface area (TPSA) is 92.5 Å². The molecule has 0 radical (unpaired) electrons. The number of aliphatic hydroxyl groups is 1. The molecule has 4 aliphatic rings. The van der Waals surface area contributed by atoms with E-state index < -0.39 is 5.60 Å². The van der Waals surface area contributed by atoms with Crippen molar-refractivity contribution < 1.29 is 14.6 Å². The van der Waals surface area contributed by atoms with E-state index >= 15 is 0 Å². The Balaban J connectivity index is 1.34. The van der Waals surface area contributed by atoms with Gasteiger partial charge in [0.2, 0.25) is 5.91 Å². The first kappa shape index (κ1) is 19.8. The van der Waals surface area contributed by atoms with Crippen LogP contribution in [0.25, 0.3) is 0 Å². The number of hydrogen-bond acceptors (Lipinski definition) is 6. The summed E-state index contributed by atoms with van der Waals surface area (Å²) in [7, 11) is 1.65. The maximum atomic E-state index is 12.5. The number of rotatable bonds is 7. The van der Waals surface area contributed by atoms with Gasteiger partial charge in [0.05, 0.1) is 25.3 Å². The zero-order valence-electron chi connectivity index (χ0n) is 16.8. The van der Waals surface area contributed by atoms with Crippen LogP contribution >= 0.6 is 0 Å². The second-order valence-electron chi connectivity index (χ2n) is 8.74. The molecule has 3 aliphatic heterocycles.